The van der Waals surface area contributed by atoms with Crippen LogP contribution in [0, 0.1) is 29.4 Å². The van der Waals surface area contributed by atoms with Crippen molar-refractivity contribution in [2.24, 2.45) is 17.8 Å². The minimum Gasteiger partial charge on any atom is -0.490 e. The average molecular weight is 431 g/mol. The van der Waals surface area contributed by atoms with Gasteiger partial charge in [-0.3, -0.25) is 0 Å². The molecular weight excluding hydrogens is 390 g/mol. The van der Waals surface area contributed by atoms with Gasteiger partial charge in [0, 0.05) is 0 Å². The van der Waals surface area contributed by atoms with Crippen molar-refractivity contribution >= 4 is 0 Å². The summed E-state index contributed by atoms with van der Waals surface area (Å²) >= 11 is 0. The van der Waals surface area contributed by atoms with Crippen molar-refractivity contribution in [1.82, 2.24) is 0 Å². The first-order chi connectivity index (χ1) is 15.1. The topological polar surface area (TPSA) is 9.23 Å². The third-order valence-corrected chi connectivity index (χ3v) is 7.42. The van der Waals surface area contributed by atoms with Gasteiger partial charge in [0.05, 0.1) is 6.61 Å². The zero-order valence-corrected chi connectivity index (χ0v) is 19.3. The highest BCUT2D eigenvalue weighted by molar-refractivity contribution is 5.33. The van der Waals surface area contributed by atoms with Crippen LogP contribution in [0.3, 0.4) is 0 Å². The molecule has 2 saturated carbocycles. The Bertz CT molecular complexity index is 710. The molecule has 0 spiro atoms. The Morgan fingerprint density at radius 2 is 1.68 bits per heavy atom. The molecule has 3 heteroatoms. The number of hydrogen-bond donors (Lipinski definition) is 0. The van der Waals surface area contributed by atoms with E-state index in [2.05, 4.69) is 24.8 Å². The van der Waals surface area contributed by atoms with Gasteiger partial charge in [-0.1, -0.05) is 37.6 Å². The maximum Gasteiger partial charge on any atom is 0.200 e. The first-order valence-corrected chi connectivity index (χ1v) is 12.5. The van der Waals surface area contributed by atoms with E-state index >= 15 is 0 Å². The molecule has 3 rings (SSSR count). The van der Waals surface area contributed by atoms with Crippen LogP contribution in [-0.2, 0) is 0 Å². The van der Waals surface area contributed by atoms with E-state index in [4.69, 9.17) is 4.74 Å². The standard InChI is InChI=1S/C28H40F2O/c1-3-5-20-31-26-19-18-25(27(29)28(26)30)24-16-14-23(15-17-24)9-7-6-8-22-12-10-21(4-2)11-13-22/h4,7,9,18-19,21-24H,2-3,5-6,8,10-17,20H2,1H3/b9-7+. The van der Waals surface area contributed by atoms with Crippen LogP contribution < -0.4 is 4.74 Å². The second-order valence-electron chi connectivity index (χ2n) is 9.62. The van der Waals surface area contributed by atoms with Crippen molar-refractivity contribution in [3.8, 4) is 5.75 Å². The largest absolute Gasteiger partial charge is 0.490 e. The summed E-state index contributed by atoms with van der Waals surface area (Å²) < 4.78 is 34.5. The number of halogens is 2. The Kier molecular flexibility index (Phi) is 9.61. The molecule has 0 atom stereocenters. The molecule has 0 bridgehead atoms. The van der Waals surface area contributed by atoms with E-state index in [1.165, 1.54) is 38.5 Å². The highest BCUT2D eigenvalue weighted by Crippen LogP contribution is 2.39. The summed E-state index contributed by atoms with van der Waals surface area (Å²) in [4.78, 5) is 0. The highest BCUT2D eigenvalue weighted by Gasteiger charge is 2.26. The normalized spacial score (nSPS) is 26.8. The summed E-state index contributed by atoms with van der Waals surface area (Å²) in [6.45, 7) is 6.41. The van der Waals surface area contributed by atoms with Crippen LogP contribution >= 0.6 is 0 Å². The van der Waals surface area contributed by atoms with Gasteiger partial charge in [0.15, 0.2) is 11.6 Å². The van der Waals surface area contributed by atoms with Gasteiger partial charge in [-0.05, 0) is 106 Å². The van der Waals surface area contributed by atoms with Crippen molar-refractivity contribution in [3.05, 3.63) is 54.1 Å². The lowest BCUT2D eigenvalue weighted by molar-refractivity contribution is 0.286. The maximum absolute atomic E-state index is 14.7. The zero-order chi connectivity index (χ0) is 22.1. The highest BCUT2D eigenvalue weighted by atomic mass is 19.2. The monoisotopic (exact) mass is 430 g/mol. The molecular formula is C28H40F2O. The molecule has 1 aromatic carbocycles. The number of allylic oxidation sites excluding steroid dienone is 3. The van der Waals surface area contributed by atoms with Crippen LogP contribution in [0.4, 0.5) is 8.78 Å². The first kappa shape index (κ1) is 24.0. The number of unbranched alkanes of at least 4 members (excludes halogenated alkanes) is 1. The molecule has 0 saturated heterocycles. The minimum absolute atomic E-state index is 0.0456. The zero-order valence-electron chi connectivity index (χ0n) is 19.3. The number of benzene rings is 1. The van der Waals surface area contributed by atoms with Crippen molar-refractivity contribution in [2.75, 3.05) is 6.61 Å². The number of rotatable bonds is 10. The van der Waals surface area contributed by atoms with Crippen LogP contribution in [0.25, 0.3) is 0 Å². The fourth-order valence-electron chi connectivity index (χ4n) is 5.26. The molecule has 0 heterocycles. The van der Waals surface area contributed by atoms with E-state index in [-0.39, 0.29) is 11.7 Å². The fourth-order valence-corrected chi connectivity index (χ4v) is 5.26. The molecule has 31 heavy (non-hydrogen) atoms. The number of hydrogen-bond acceptors (Lipinski definition) is 1. The predicted molar refractivity (Wildman–Crippen MR) is 125 cm³/mol. The predicted octanol–water partition coefficient (Wildman–Crippen LogP) is 8.75. The minimum atomic E-state index is -0.822. The molecule has 1 aromatic rings. The van der Waals surface area contributed by atoms with Gasteiger partial charge in [0.25, 0.3) is 0 Å². The second-order valence-corrected chi connectivity index (χ2v) is 9.62. The molecule has 2 aliphatic rings. The van der Waals surface area contributed by atoms with Crippen LogP contribution in [0.15, 0.2) is 36.9 Å². The SMILES string of the molecule is C=CC1CCC(CC/C=C/C2CCC(c3ccc(OCCCC)c(F)c3F)CC2)CC1. The Morgan fingerprint density at radius 1 is 0.968 bits per heavy atom. The van der Waals surface area contributed by atoms with Crippen molar-refractivity contribution in [2.45, 2.75) is 89.9 Å². The third-order valence-electron chi connectivity index (χ3n) is 7.42. The van der Waals surface area contributed by atoms with Crippen LogP contribution in [-0.4, -0.2) is 6.61 Å². The molecule has 0 N–H and O–H groups in total. The fraction of sp³-hybridized carbons (Fsp3) is 0.643. The summed E-state index contributed by atoms with van der Waals surface area (Å²) in [5, 5.41) is 0. The van der Waals surface area contributed by atoms with Crippen LogP contribution in [0.1, 0.15) is 95.5 Å². The molecule has 1 nitrogen and oxygen atoms in total. The molecule has 0 aliphatic heterocycles. The molecule has 0 radical (unpaired) electrons. The van der Waals surface area contributed by atoms with E-state index < -0.39 is 11.6 Å². The van der Waals surface area contributed by atoms with Gasteiger partial charge in [-0.25, -0.2) is 4.39 Å². The molecule has 2 aliphatic carbocycles. The number of ether oxygens (including phenoxy) is 1. The smallest absolute Gasteiger partial charge is 0.200 e. The van der Waals surface area contributed by atoms with E-state index in [9.17, 15) is 8.78 Å². The van der Waals surface area contributed by atoms with Gasteiger partial charge in [-0.15, -0.1) is 6.58 Å². The lowest BCUT2D eigenvalue weighted by atomic mass is 9.78. The summed E-state index contributed by atoms with van der Waals surface area (Å²) in [6, 6.07) is 3.35. The quantitative estimate of drug-likeness (QED) is 0.266. The lowest BCUT2D eigenvalue weighted by Crippen LogP contribution is -2.14. The summed E-state index contributed by atoms with van der Waals surface area (Å²) in [5.41, 5.74) is 0.526. The summed E-state index contributed by atoms with van der Waals surface area (Å²) in [7, 11) is 0. The van der Waals surface area contributed by atoms with E-state index in [0.717, 1.165) is 50.4 Å². The van der Waals surface area contributed by atoms with E-state index in [1.54, 1.807) is 12.1 Å². The van der Waals surface area contributed by atoms with E-state index in [1.807, 2.05) is 6.92 Å². The average Bonchev–Trinajstić information content (AvgIpc) is 2.81. The summed E-state index contributed by atoms with van der Waals surface area (Å²) in [5.74, 6) is 0.830. The second kappa shape index (κ2) is 12.4. The Balaban J connectivity index is 1.41. The Labute approximate surface area is 188 Å². The lowest BCUT2D eigenvalue weighted by Gasteiger charge is -2.28. The van der Waals surface area contributed by atoms with Gasteiger partial charge >= 0.3 is 0 Å². The van der Waals surface area contributed by atoms with Gasteiger partial charge < -0.3 is 4.74 Å². The van der Waals surface area contributed by atoms with Gasteiger partial charge in [0.2, 0.25) is 5.82 Å². The summed E-state index contributed by atoms with van der Waals surface area (Å²) in [6.07, 6.45) is 20.4. The van der Waals surface area contributed by atoms with E-state index in [0.29, 0.717) is 18.1 Å². The van der Waals surface area contributed by atoms with Crippen LogP contribution in [0.2, 0.25) is 0 Å². The van der Waals surface area contributed by atoms with Crippen LogP contribution in [0.5, 0.6) is 5.75 Å². The Morgan fingerprint density at radius 3 is 2.35 bits per heavy atom. The third kappa shape index (κ3) is 6.92. The molecule has 0 unspecified atom stereocenters. The van der Waals surface area contributed by atoms with Gasteiger partial charge in [0.1, 0.15) is 0 Å². The Hall–Kier alpha value is -1.64. The van der Waals surface area contributed by atoms with Crippen molar-refractivity contribution in [3.63, 3.8) is 0 Å². The van der Waals surface area contributed by atoms with Crippen molar-refractivity contribution in [1.29, 1.82) is 0 Å². The molecule has 172 valence electrons. The first-order valence-electron chi connectivity index (χ1n) is 12.5. The maximum atomic E-state index is 14.7. The van der Waals surface area contributed by atoms with Crippen molar-refractivity contribution < 1.29 is 13.5 Å². The van der Waals surface area contributed by atoms with Gasteiger partial charge in [-0.2, -0.15) is 4.39 Å². The molecule has 0 amide bonds. The molecule has 0 aromatic heterocycles. The molecule has 2 fully saturated rings.